The number of methoxy groups -OCH3 is 3. The normalized spacial score (nSPS) is 11.1. The van der Waals surface area contributed by atoms with Crippen LogP contribution in [0, 0.1) is 0 Å². The first-order valence-electron chi connectivity index (χ1n) is 9.09. The maximum Gasteiger partial charge on any atom is 0.322 e. The van der Waals surface area contributed by atoms with Gasteiger partial charge in [-0.2, -0.15) is 0 Å². The molecule has 0 aliphatic heterocycles. The van der Waals surface area contributed by atoms with E-state index in [9.17, 15) is 13.2 Å². The zero-order valence-corrected chi connectivity index (χ0v) is 17.9. The highest BCUT2D eigenvalue weighted by atomic mass is 32.2. The molecule has 0 bridgehead atoms. The highest BCUT2D eigenvalue weighted by Crippen LogP contribution is 2.33. The van der Waals surface area contributed by atoms with Gasteiger partial charge < -0.3 is 18.6 Å². The molecule has 0 aliphatic rings. The van der Waals surface area contributed by atoms with Gasteiger partial charge in [0.1, 0.15) is 17.2 Å². The third-order valence-electron chi connectivity index (χ3n) is 4.33. The Labute approximate surface area is 179 Å². The maximum absolute atomic E-state index is 12.4. The monoisotopic (exact) mass is 447 g/mol. The van der Waals surface area contributed by atoms with Crippen LogP contribution in [0.15, 0.2) is 51.8 Å². The fraction of sp³-hybridized carbons (Fsp3) is 0.250. The van der Waals surface area contributed by atoms with E-state index in [1.165, 1.54) is 33.5 Å². The Balaban J connectivity index is 1.63. The van der Waals surface area contributed by atoms with Crippen LogP contribution in [0.4, 0.5) is 6.01 Å². The van der Waals surface area contributed by atoms with Crippen LogP contribution in [0.2, 0.25) is 0 Å². The lowest BCUT2D eigenvalue weighted by Crippen LogP contribution is -2.17. The number of nitrogens with zero attached hydrogens (tertiary/aromatic N) is 2. The van der Waals surface area contributed by atoms with Gasteiger partial charge in [-0.15, -0.1) is 5.10 Å². The number of anilines is 1. The molecule has 0 spiro atoms. The number of ether oxygens (including phenoxy) is 3. The summed E-state index contributed by atoms with van der Waals surface area (Å²) in [6.07, 6.45) is -0.280. The Morgan fingerprint density at radius 1 is 0.968 bits per heavy atom. The van der Waals surface area contributed by atoms with E-state index in [1.54, 1.807) is 30.3 Å². The number of hydrogen-bond acceptors (Lipinski definition) is 9. The minimum absolute atomic E-state index is 0.104. The third-order valence-corrected chi connectivity index (χ3v) is 6.06. The third kappa shape index (κ3) is 5.31. The summed E-state index contributed by atoms with van der Waals surface area (Å²) in [5.74, 6) is 0.753. The van der Waals surface area contributed by atoms with Crippen molar-refractivity contribution in [3.63, 3.8) is 0 Å². The van der Waals surface area contributed by atoms with Crippen LogP contribution in [-0.4, -0.2) is 51.6 Å². The SMILES string of the molecule is COc1ccc(S(=O)(=O)CCC(=O)Nc2nnc(-c3ccc(OC)cc3OC)o2)cc1. The summed E-state index contributed by atoms with van der Waals surface area (Å²) in [6.45, 7) is 0. The lowest BCUT2D eigenvalue weighted by atomic mass is 10.2. The highest BCUT2D eigenvalue weighted by Gasteiger charge is 2.19. The molecule has 0 radical (unpaired) electrons. The maximum atomic E-state index is 12.4. The number of amides is 1. The standard InChI is InChI=1S/C20H21N3O7S/c1-27-13-4-7-15(8-5-13)31(25,26)11-10-18(24)21-20-23-22-19(30-20)16-9-6-14(28-2)12-17(16)29-3/h4-9,12H,10-11H2,1-3H3,(H,21,23,24). The van der Waals surface area contributed by atoms with Crippen molar-refractivity contribution >= 4 is 21.8 Å². The number of carbonyl (C=O) groups excluding carboxylic acids is 1. The lowest BCUT2D eigenvalue weighted by Gasteiger charge is -2.07. The van der Waals surface area contributed by atoms with Gasteiger partial charge >= 0.3 is 6.01 Å². The van der Waals surface area contributed by atoms with Gasteiger partial charge in [0, 0.05) is 12.5 Å². The van der Waals surface area contributed by atoms with Crippen LogP contribution in [0.25, 0.3) is 11.5 Å². The van der Waals surface area contributed by atoms with Crippen molar-refractivity contribution in [3.8, 4) is 28.7 Å². The van der Waals surface area contributed by atoms with Crippen LogP contribution in [0.3, 0.4) is 0 Å². The summed E-state index contributed by atoms with van der Waals surface area (Å²) in [5, 5.41) is 10.1. The first-order valence-corrected chi connectivity index (χ1v) is 10.7. The van der Waals surface area contributed by atoms with Crippen LogP contribution in [0.5, 0.6) is 17.2 Å². The molecule has 164 valence electrons. The van der Waals surface area contributed by atoms with Gasteiger partial charge in [-0.05, 0) is 36.4 Å². The number of nitrogens with one attached hydrogen (secondary N) is 1. The Bertz CT molecular complexity index is 1160. The summed E-state index contributed by atoms with van der Waals surface area (Å²) < 4.78 is 45.7. The molecule has 10 nitrogen and oxygen atoms in total. The van der Waals surface area contributed by atoms with Gasteiger partial charge in [0.25, 0.3) is 5.89 Å². The molecule has 1 heterocycles. The molecule has 1 amide bonds. The van der Waals surface area contributed by atoms with Gasteiger partial charge in [0.15, 0.2) is 9.84 Å². The second-order valence-electron chi connectivity index (χ2n) is 6.27. The van der Waals surface area contributed by atoms with Gasteiger partial charge in [-0.1, -0.05) is 5.10 Å². The largest absolute Gasteiger partial charge is 0.497 e. The molecule has 1 N–H and O–H groups in total. The van der Waals surface area contributed by atoms with Crippen molar-refractivity contribution in [1.29, 1.82) is 0 Å². The minimum Gasteiger partial charge on any atom is -0.497 e. The van der Waals surface area contributed by atoms with Crippen LogP contribution in [0.1, 0.15) is 6.42 Å². The predicted octanol–water partition coefficient (Wildman–Crippen LogP) is 2.56. The zero-order valence-electron chi connectivity index (χ0n) is 17.1. The number of aromatic nitrogens is 2. The Hall–Kier alpha value is -3.60. The zero-order chi connectivity index (χ0) is 22.4. The van der Waals surface area contributed by atoms with Crippen molar-refractivity contribution in [3.05, 3.63) is 42.5 Å². The first-order chi connectivity index (χ1) is 14.9. The van der Waals surface area contributed by atoms with E-state index in [2.05, 4.69) is 15.5 Å². The predicted molar refractivity (Wildman–Crippen MR) is 111 cm³/mol. The summed E-state index contributed by atoms with van der Waals surface area (Å²) in [5.41, 5.74) is 0.512. The Kier molecular flexibility index (Phi) is 6.75. The number of hydrogen-bond donors (Lipinski definition) is 1. The van der Waals surface area contributed by atoms with E-state index in [0.717, 1.165) is 0 Å². The Morgan fingerprint density at radius 3 is 2.29 bits per heavy atom. The number of benzene rings is 2. The highest BCUT2D eigenvalue weighted by molar-refractivity contribution is 7.91. The van der Waals surface area contributed by atoms with Gasteiger partial charge in [0.05, 0.1) is 37.5 Å². The van der Waals surface area contributed by atoms with Gasteiger partial charge in [-0.3, -0.25) is 10.1 Å². The lowest BCUT2D eigenvalue weighted by molar-refractivity contribution is -0.115. The van der Waals surface area contributed by atoms with E-state index in [1.807, 2.05) is 0 Å². The molecule has 0 saturated heterocycles. The number of sulfone groups is 1. The molecule has 0 atom stereocenters. The van der Waals surface area contributed by atoms with Crippen LogP contribution < -0.4 is 19.5 Å². The fourth-order valence-corrected chi connectivity index (χ4v) is 3.91. The summed E-state index contributed by atoms with van der Waals surface area (Å²) in [4.78, 5) is 12.3. The summed E-state index contributed by atoms with van der Waals surface area (Å²) >= 11 is 0. The van der Waals surface area contributed by atoms with Crippen molar-refractivity contribution in [1.82, 2.24) is 10.2 Å². The second kappa shape index (κ2) is 9.47. The summed E-state index contributed by atoms with van der Waals surface area (Å²) in [6, 6.07) is 10.8. The molecule has 2 aromatic carbocycles. The van der Waals surface area contributed by atoms with Crippen LogP contribution in [-0.2, 0) is 14.6 Å². The molecular formula is C20H21N3O7S. The molecule has 3 rings (SSSR count). The van der Waals surface area contributed by atoms with E-state index in [-0.39, 0.29) is 29.0 Å². The van der Waals surface area contributed by atoms with Crippen molar-refractivity contribution in [2.75, 3.05) is 32.4 Å². The van der Waals surface area contributed by atoms with E-state index < -0.39 is 15.7 Å². The molecule has 11 heteroatoms. The fourth-order valence-electron chi connectivity index (χ4n) is 2.67. The molecule has 0 fully saturated rings. The molecule has 0 unspecified atom stereocenters. The average Bonchev–Trinajstić information content (AvgIpc) is 3.25. The molecule has 0 saturated carbocycles. The second-order valence-corrected chi connectivity index (χ2v) is 8.38. The molecule has 3 aromatic rings. The average molecular weight is 447 g/mol. The summed E-state index contributed by atoms with van der Waals surface area (Å²) in [7, 11) is 0.868. The quantitative estimate of drug-likeness (QED) is 0.526. The molecule has 31 heavy (non-hydrogen) atoms. The smallest absolute Gasteiger partial charge is 0.322 e. The van der Waals surface area contributed by atoms with Crippen molar-refractivity contribution in [2.24, 2.45) is 0 Å². The van der Waals surface area contributed by atoms with E-state index in [4.69, 9.17) is 18.6 Å². The molecular weight excluding hydrogens is 426 g/mol. The first kappa shape index (κ1) is 22.1. The molecule has 1 aromatic heterocycles. The topological polar surface area (TPSA) is 130 Å². The van der Waals surface area contributed by atoms with Crippen molar-refractivity contribution in [2.45, 2.75) is 11.3 Å². The number of carbonyl (C=O) groups is 1. The van der Waals surface area contributed by atoms with Crippen LogP contribution >= 0.6 is 0 Å². The molecule has 0 aliphatic carbocycles. The van der Waals surface area contributed by atoms with E-state index in [0.29, 0.717) is 22.8 Å². The van der Waals surface area contributed by atoms with Gasteiger partial charge in [0.2, 0.25) is 5.91 Å². The minimum atomic E-state index is -3.64. The van der Waals surface area contributed by atoms with Crippen molar-refractivity contribution < 1.29 is 31.8 Å². The van der Waals surface area contributed by atoms with E-state index >= 15 is 0 Å². The van der Waals surface area contributed by atoms with Gasteiger partial charge in [-0.25, -0.2) is 8.42 Å². The number of rotatable bonds is 9. The Morgan fingerprint density at radius 2 is 1.65 bits per heavy atom.